The molecule has 0 aromatic heterocycles. The third-order valence-corrected chi connectivity index (χ3v) is 3.05. The minimum Gasteiger partial charge on any atom is -0.238 e. The van der Waals surface area contributed by atoms with Crippen molar-refractivity contribution in [2.75, 3.05) is 0 Å². The Morgan fingerprint density at radius 1 is 1.27 bits per heavy atom. The molecule has 0 aliphatic heterocycles. The van der Waals surface area contributed by atoms with Crippen molar-refractivity contribution in [3.8, 4) is 12.0 Å². The molecule has 0 radical (unpaired) electrons. The van der Waals surface area contributed by atoms with Crippen LogP contribution in [0.1, 0.15) is 18.9 Å². The number of benzene rings is 1. The van der Waals surface area contributed by atoms with Crippen molar-refractivity contribution in [2.24, 2.45) is 0 Å². The van der Waals surface area contributed by atoms with E-state index in [0.29, 0.717) is 6.42 Å². The Bertz CT molecular complexity index is 478. The molecule has 0 saturated heterocycles. The van der Waals surface area contributed by atoms with E-state index >= 15 is 0 Å². The van der Waals surface area contributed by atoms with Gasteiger partial charge in [-0.3, -0.25) is 0 Å². The number of hydrogen-bond acceptors (Lipinski definition) is 2. The van der Waals surface area contributed by atoms with Gasteiger partial charge in [0, 0.05) is 12.5 Å². The van der Waals surface area contributed by atoms with Gasteiger partial charge in [-0.05, 0) is 19.1 Å². The Kier molecular flexibility index (Phi) is 3.75. The third kappa shape index (κ3) is 3.30. The molecule has 0 bridgehead atoms. The number of sulfonamides is 1. The highest BCUT2D eigenvalue weighted by molar-refractivity contribution is 7.89. The van der Waals surface area contributed by atoms with E-state index in [2.05, 4.69) is 16.7 Å². The van der Waals surface area contributed by atoms with Gasteiger partial charge in [0.1, 0.15) is 0 Å². The second kappa shape index (κ2) is 4.85. The normalized spacial score (nSPS) is 10.3. The quantitative estimate of drug-likeness (QED) is 0.612. The second-order valence-corrected chi connectivity index (χ2v) is 4.76. The highest BCUT2D eigenvalue weighted by atomic mass is 32.2. The van der Waals surface area contributed by atoms with Gasteiger partial charge in [0.05, 0.1) is 4.90 Å². The van der Waals surface area contributed by atoms with E-state index in [-0.39, 0.29) is 4.90 Å². The predicted octanol–water partition coefficient (Wildman–Crippen LogP) is 1.64. The molecular weight excluding hydrogens is 210 g/mol. The highest BCUT2D eigenvalue weighted by Gasteiger charge is 2.10. The van der Waals surface area contributed by atoms with Crippen LogP contribution < -0.4 is 4.72 Å². The van der Waals surface area contributed by atoms with Crippen molar-refractivity contribution < 1.29 is 8.42 Å². The van der Waals surface area contributed by atoms with Crippen LogP contribution in [-0.4, -0.2) is 8.42 Å². The lowest BCUT2D eigenvalue weighted by molar-refractivity contribution is 0.591. The predicted molar refractivity (Wildman–Crippen MR) is 59.6 cm³/mol. The van der Waals surface area contributed by atoms with Crippen molar-refractivity contribution in [1.82, 2.24) is 4.72 Å². The van der Waals surface area contributed by atoms with Crippen LogP contribution in [0.5, 0.6) is 0 Å². The van der Waals surface area contributed by atoms with E-state index in [0.717, 1.165) is 5.56 Å². The first kappa shape index (κ1) is 11.6. The maximum Gasteiger partial charge on any atom is 0.268 e. The second-order valence-electron chi connectivity index (χ2n) is 3.07. The molecule has 0 fully saturated rings. The first-order chi connectivity index (χ1) is 7.06. The van der Waals surface area contributed by atoms with Crippen LogP contribution in [0.3, 0.4) is 0 Å². The van der Waals surface area contributed by atoms with Crippen LogP contribution in [0.15, 0.2) is 29.2 Å². The lowest BCUT2D eigenvalue weighted by Gasteiger charge is -2.01. The van der Waals surface area contributed by atoms with Crippen molar-refractivity contribution in [2.45, 2.75) is 25.2 Å². The summed E-state index contributed by atoms with van der Waals surface area (Å²) in [6.07, 6.45) is 0.621. The molecule has 0 spiro atoms. The van der Waals surface area contributed by atoms with E-state index in [1.54, 1.807) is 24.3 Å². The van der Waals surface area contributed by atoms with E-state index in [4.69, 9.17) is 0 Å². The largest absolute Gasteiger partial charge is 0.268 e. The van der Waals surface area contributed by atoms with Crippen molar-refractivity contribution in [3.05, 3.63) is 29.8 Å². The monoisotopic (exact) mass is 223 g/mol. The summed E-state index contributed by atoms with van der Waals surface area (Å²) in [6, 6.07) is 9.03. The summed E-state index contributed by atoms with van der Waals surface area (Å²) in [5, 5.41) is 0. The van der Waals surface area contributed by atoms with E-state index in [1.165, 1.54) is 0 Å². The zero-order valence-electron chi connectivity index (χ0n) is 8.74. The molecule has 4 heteroatoms. The smallest absolute Gasteiger partial charge is 0.238 e. The van der Waals surface area contributed by atoms with Gasteiger partial charge >= 0.3 is 0 Å². The van der Waals surface area contributed by atoms with E-state index < -0.39 is 10.0 Å². The van der Waals surface area contributed by atoms with Gasteiger partial charge in [-0.15, -0.1) is 0 Å². The lowest BCUT2D eigenvalue weighted by atomic mass is 10.2. The average molecular weight is 223 g/mol. The molecule has 1 aromatic carbocycles. The Hall–Kier alpha value is -1.47. The zero-order valence-corrected chi connectivity index (χ0v) is 9.56. The van der Waals surface area contributed by atoms with Crippen molar-refractivity contribution in [3.63, 3.8) is 0 Å². The fourth-order valence-electron chi connectivity index (χ4n) is 0.968. The molecule has 3 nitrogen and oxygen atoms in total. The minimum absolute atomic E-state index is 0.235. The molecule has 0 aliphatic carbocycles. The van der Waals surface area contributed by atoms with E-state index in [1.807, 2.05) is 13.8 Å². The molecule has 0 atom stereocenters. The van der Waals surface area contributed by atoms with Gasteiger partial charge in [-0.25, -0.2) is 13.1 Å². The third-order valence-electron chi connectivity index (χ3n) is 1.78. The van der Waals surface area contributed by atoms with Gasteiger partial charge in [-0.2, -0.15) is 0 Å². The summed E-state index contributed by atoms with van der Waals surface area (Å²) >= 11 is 0. The van der Waals surface area contributed by atoms with Crippen LogP contribution in [0.4, 0.5) is 0 Å². The Balaban J connectivity index is 2.91. The zero-order chi connectivity index (χ0) is 11.3. The molecule has 80 valence electrons. The summed E-state index contributed by atoms with van der Waals surface area (Å²) in [7, 11) is -3.47. The number of nitrogens with one attached hydrogen (secondary N) is 1. The topological polar surface area (TPSA) is 46.2 Å². The summed E-state index contributed by atoms with van der Waals surface area (Å²) < 4.78 is 25.4. The fourth-order valence-corrected chi connectivity index (χ4v) is 1.79. The standard InChI is InChI=1S/C11H13NO2S/c1-3-4-9-12-15(13,14)11-7-5-10(2)6-8-11/h5-8,12H,3H2,1-2H3. The molecule has 0 saturated carbocycles. The molecule has 1 N–H and O–H groups in total. The first-order valence-corrected chi connectivity index (χ1v) is 6.11. The molecule has 0 unspecified atom stereocenters. The highest BCUT2D eigenvalue weighted by Crippen LogP contribution is 2.08. The Morgan fingerprint density at radius 3 is 2.40 bits per heavy atom. The summed E-state index contributed by atoms with van der Waals surface area (Å²) in [6.45, 7) is 3.76. The molecule has 0 heterocycles. The average Bonchev–Trinajstić information content (AvgIpc) is 2.18. The summed E-state index contributed by atoms with van der Waals surface area (Å²) in [5.41, 5.74) is 1.02. The number of hydrogen-bond donors (Lipinski definition) is 1. The van der Waals surface area contributed by atoms with E-state index in [9.17, 15) is 8.42 Å². The molecule has 1 aromatic rings. The SMILES string of the molecule is CCC#CNS(=O)(=O)c1ccc(C)cc1. The first-order valence-electron chi connectivity index (χ1n) is 4.62. The van der Waals surface area contributed by atoms with Crippen molar-refractivity contribution >= 4 is 10.0 Å². The Morgan fingerprint density at radius 2 is 1.87 bits per heavy atom. The Labute approximate surface area is 90.6 Å². The van der Waals surface area contributed by atoms with Gasteiger partial charge in [0.15, 0.2) is 0 Å². The van der Waals surface area contributed by atoms with Crippen LogP contribution in [0, 0.1) is 18.9 Å². The van der Waals surface area contributed by atoms with Crippen LogP contribution in [0.25, 0.3) is 0 Å². The lowest BCUT2D eigenvalue weighted by Crippen LogP contribution is -2.18. The number of aryl methyl sites for hydroxylation is 1. The van der Waals surface area contributed by atoms with Gasteiger partial charge in [0.2, 0.25) is 0 Å². The molecule has 1 rings (SSSR count). The van der Waals surface area contributed by atoms with Crippen LogP contribution in [0.2, 0.25) is 0 Å². The molecule has 0 amide bonds. The molecule has 0 aliphatic rings. The molecule has 15 heavy (non-hydrogen) atoms. The molecular formula is C11H13NO2S. The van der Waals surface area contributed by atoms with Crippen LogP contribution in [-0.2, 0) is 10.0 Å². The minimum atomic E-state index is -3.47. The summed E-state index contributed by atoms with van der Waals surface area (Å²) in [4.78, 5) is 0.235. The van der Waals surface area contributed by atoms with Gasteiger partial charge in [-0.1, -0.05) is 30.5 Å². The van der Waals surface area contributed by atoms with Gasteiger partial charge in [0.25, 0.3) is 10.0 Å². The van der Waals surface area contributed by atoms with Gasteiger partial charge < -0.3 is 0 Å². The maximum absolute atomic E-state index is 11.6. The maximum atomic E-state index is 11.6. The summed E-state index contributed by atoms with van der Waals surface area (Å²) in [5.74, 6) is 2.65. The van der Waals surface area contributed by atoms with Crippen LogP contribution >= 0.6 is 0 Å². The fraction of sp³-hybridized carbons (Fsp3) is 0.273. The number of rotatable bonds is 2. The van der Waals surface area contributed by atoms with Crippen molar-refractivity contribution in [1.29, 1.82) is 0 Å².